The molecule has 2 rings (SSSR count). The smallest absolute Gasteiger partial charge is 0.191 e. The van der Waals surface area contributed by atoms with Gasteiger partial charge in [0.05, 0.1) is 13.1 Å². The molecule has 2 aromatic rings. The number of hydrogen-bond donors (Lipinski definition) is 2. The summed E-state index contributed by atoms with van der Waals surface area (Å²) in [6, 6.07) is 6.44. The van der Waals surface area contributed by atoms with Gasteiger partial charge in [-0.2, -0.15) is 0 Å². The van der Waals surface area contributed by atoms with Gasteiger partial charge in [-0.1, -0.05) is 12.1 Å². The second-order valence-electron chi connectivity index (χ2n) is 5.64. The highest BCUT2D eigenvalue weighted by Crippen LogP contribution is 2.04. The maximum atomic E-state index is 13.3. The fourth-order valence-corrected chi connectivity index (χ4v) is 2.17. The van der Waals surface area contributed by atoms with Crippen LogP contribution in [0.15, 0.2) is 29.3 Å². The first-order chi connectivity index (χ1) is 12.1. The SMILES string of the molecule is COCCCNC(=NCc1cccc(F)c1)NCc1nnc(C)n1C.I. The van der Waals surface area contributed by atoms with E-state index in [2.05, 4.69) is 25.8 Å². The fraction of sp³-hybridized carbons (Fsp3) is 0.471. The van der Waals surface area contributed by atoms with Gasteiger partial charge in [-0.25, -0.2) is 9.38 Å². The van der Waals surface area contributed by atoms with Crippen molar-refractivity contribution >= 4 is 29.9 Å². The molecular weight excluding hydrogens is 450 g/mol. The van der Waals surface area contributed by atoms with Gasteiger partial charge in [-0.3, -0.25) is 0 Å². The summed E-state index contributed by atoms with van der Waals surface area (Å²) in [5.41, 5.74) is 0.812. The summed E-state index contributed by atoms with van der Waals surface area (Å²) in [6.45, 7) is 4.18. The van der Waals surface area contributed by atoms with E-state index in [1.165, 1.54) is 12.1 Å². The molecule has 144 valence electrons. The number of methoxy groups -OCH3 is 1. The van der Waals surface area contributed by atoms with Crippen molar-refractivity contribution < 1.29 is 9.13 Å². The Hall–Kier alpha value is -1.75. The maximum absolute atomic E-state index is 13.3. The first-order valence-electron chi connectivity index (χ1n) is 8.20. The van der Waals surface area contributed by atoms with Gasteiger partial charge < -0.3 is 19.9 Å². The summed E-state index contributed by atoms with van der Waals surface area (Å²) < 4.78 is 20.3. The Balaban J connectivity index is 0.00000338. The average molecular weight is 476 g/mol. The van der Waals surface area contributed by atoms with Crippen molar-refractivity contribution in [1.29, 1.82) is 0 Å². The minimum Gasteiger partial charge on any atom is -0.385 e. The van der Waals surface area contributed by atoms with Crippen LogP contribution in [0, 0.1) is 12.7 Å². The molecule has 0 aliphatic heterocycles. The average Bonchev–Trinajstić information content (AvgIpc) is 2.92. The van der Waals surface area contributed by atoms with E-state index in [-0.39, 0.29) is 29.8 Å². The van der Waals surface area contributed by atoms with Crippen LogP contribution in [0.1, 0.15) is 23.6 Å². The summed E-state index contributed by atoms with van der Waals surface area (Å²) in [5.74, 6) is 2.04. The van der Waals surface area contributed by atoms with Crippen LogP contribution in [0.25, 0.3) is 0 Å². The summed E-state index contributed by atoms with van der Waals surface area (Å²) >= 11 is 0. The monoisotopic (exact) mass is 476 g/mol. The Morgan fingerprint density at radius 1 is 1.31 bits per heavy atom. The van der Waals surface area contributed by atoms with E-state index in [0.717, 1.165) is 30.2 Å². The van der Waals surface area contributed by atoms with Gasteiger partial charge in [-0.05, 0) is 31.0 Å². The standard InChI is InChI=1S/C17H25FN6O.HI/c1-13-22-23-16(24(13)2)12-21-17(19-8-5-9-25-3)20-11-14-6-4-7-15(18)10-14;/h4,6-7,10H,5,8-9,11-12H2,1-3H3,(H2,19,20,21);1H. The van der Waals surface area contributed by atoms with Gasteiger partial charge in [0.25, 0.3) is 0 Å². The first kappa shape index (κ1) is 22.3. The van der Waals surface area contributed by atoms with E-state index in [1.54, 1.807) is 13.2 Å². The third-order valence-corrected chi connectivity index (χ3v) is 3.72. The topological polar surface area (TPSA) is 76.4 Å². The highest BCUT2D eigenvalue weighted by Gasteiger charge is 2.06. The third-order valence-electron chi connectivity index (χ3n) is 3.72. The minimum absolute atomic E-state index is 0. The lowest BCUT2D eigenvalue weighted by Crippen LogP contribution is -2.38. The normalized spacial score (nSPS) is 11.2. The lowest BCUT2D eigenvalue weighted by atomic mass is 10.2. The van der Waals surface area contributed by atoms with Crippen molar-refractivity contribution in [2.45, 2.75) is 26.4 Å². The van der Waals surface area contributed by atoms with E-state index in [4.69, 9.17) is 4.74 Å². The second-order valence-corrected chi connectivity index (χ2v) is 5.64. The minimum atomic E-state index is -0.259. The third kappa shape index (κ3) is 7.24. The molecule has 0 bridgehead atoms. The Bertz CT molecular complexity index is 706. The zero-order valence-corrected chi connectivity index (χ0v) is 17.7. The number of guanidine groups is 1. The molecule has 1 aromatic heterocycles. The molecule has 0 aliphatic rings. The Morgan fingerprint density at radius 2 is 2.12 bits per heavy atom. The van der Waals surface area contributed by atoms with Crippen LogP contribution in [0.5, 0.6) is 0 Å². The number of nitrogens with one attached hydrogen (secondary N) is 2. The molecule has 0 atom stereocenters. The van der Waals surface area contributed by atoms with Crippen LogP contribution in [0.2, 0.25) is 0 Å². The number of aromatic nitrogens is 3. The molecule has 0 aliphatic carbocycles. The molecule has 26 heavy (non-hydrogen) atoms. The molecule has 0 fully saturated rings. The molecule has 0 spiro atoms. The van der Waals surface area contributed by atoms with Gasteiger partial charge in [0.15, 0.2) is 11.8 Å². The van der Waals surface area contributed by atoms with Crippen molar-refractivity contribution in [3.8, 4) is 0 Å². The van der Waals surface area contributed by atoms with Crippen LogP contribution in [0.4, 0.5) is 4.39 Å². The first-order valence-corrected chi connectivity index (χ1v) is 8.20. The number of hydrogen-bond acceptors (Lipinski definition) is 4. The van der Waals surface area contributed by atoms with Gasteiger partial charge >= 0.3 is 0 Å². The highest BCUT2D eigenvalue weighted by atomic mass is 127. The number of nitrogens with zero attached hydrogens (tertiary/aromatic N) is 4. The summed E-state index contributed by atoms with van der Waals surface area (Å²) in [5, 5.41) is 14.6. The van der Waals surface area contributed by atoms with E-state index in [1.807, 2.05) is 24.6 Å². The van der Waals surface area contributed by atoms with Crippen LogP contribution >= 0.6 is 24.0 Å². The molecule has 1 heterocycles. The quantitative estimate of drug-likeness (QED) is 0.264. The molecule has 0 amide bonds. The number of aliphatic imine (C=N–C) groups is 1. The summed E-state index contributed by atoms with van der Waals surface area (Å²) in [4.78, 5) is 4.51. The molecule has 2 N–H and O–H groups in total. The van der Waals surface area contributed by atoms with Crippen molar-refractivity contribution in [2.75, 3.05) is 20.3 Å². The number of aryl methyl sites for hydroxylation is 1. The van der Waals surface area contributed by atoms with Crippen molar-refractivity contribution in [3.63, 3.8) is 0 Å². The number of benzene rings is 1. The predicted molar refractivity (Wildman–Crippen MR) is 110 cm³/mol. The number of rotatable bonds is 8. The number of ether oxygens (including phenoxy) is 1. The van der Waals surface area contributed by atoms with Crippen LogP contribution in [-0.2, 0) is 24.9 Å². The van der Waals surface area contributed by atoms with Gasteiger partial charge in [-0.15, -0.1) is 34.2 Å². The lowest BCUT2D eigenvalue weighted by molar-refractivity contribution is 0.195. The Morgan fingerprint density at radius 3 is 2.77 bits per heavy atom. The van der Waals surface area contributed by atoms with E-state index in [9.17, 15) is 4.39 Å². The number of halogens is 2. The van der Waals surface area contributed by atoms with Crippen LogP contribution in [0.3, 0.4) is 0 Å². The van der Waals surface area contributed by atoms with Gasteiger partial charge in [0.2, 0.25) is 0 Å². The Labute approximate surface area is 170 Å². The zero-order chi connectivity index (χ0) is 18.1. The molecule has 1 aromatic carbocycles. The van der Waals surface area contributed by atoms with Gasteiger partial charge in [0, 0.05) is 27.3 Å². The maximum Gasteiger partial charge on any atom is 0.191 e. The molecule has 0 radical (unpaired) electrons. The largest absolute Gasteiger partial charge is 0.385 e. The highest BCUT2D eigenvalue weighted by molar-refractivity contribution is 14.0. The molecule has 0 saturated carbocycles. The van der Waals surface area contributed by atoms with Crippen LogP contribution < -0.4 is 10.6 Å². The van der Waals surface area contributed by atoms with E-state index < -0.39 is 0 Å². The van der Waals surface area contributed by atoms with Crippen LogP contribution in [-0.4, -0.2) is 41.0 Å². The summed E-state index contributed by atoms with van der Waals surface area (Å²) in [6.07, 6.45) is 0.861. The lowest BCUT2D eigenvalue weighted by Gasteiger charge is -2.12. The molecule has 7 nitrogen and oxygen atoms in total. The molecule has 9 heteroatoms. The molecular formula is C17H26FIN6O. The second kappa shape index (κ2) is 11.8. The Kier molecular flexibility index (Phi) is 10.1. The van der Waals surface area contributed by atoms with E-state index in [0.29, 0.717) is 25.7 Å². The molecule has 0 saturated heterocycles. The molecule has 0 unspecified atom stereocenters. The van der Waals surface area contributed by atoms with E-state index >= 15 is 0 Å². The van der Waals surface area contributed by atoms with Gasteiger partial charge in [0.1, 0.15) is 11.6 Å². The summed E-state index contributed by atoms with van der Waals surface area (Å²) in [7, 11) is 3.59. The fourth-order valence-electron chi connectivity index (χ4n) is 2.17. The van der Waals surface area contributed by atoms with Crippen molar-refractivity contribution in [2.24, 2.45) is 12.0 Å². The van der Waals surface area contributed by atoms with Crippen molar-refractivity contribution in [1.82, 2.24) is 25.4 Å². The zero-order valence-electron chi connectivity index (χ0n) is 15.3. The predicted octanol–water partition coefficient (Wildman–Crippen LogP) is 2.15. The van der Waals surface area contributed by atoms with Crippen molar-refractivity contribution in [3.05, 3.63) is 47.3 Å².